The third-order valence-corrected chi connectivity index (χ3v) is 3.89. The maximum atomic E-state index is 12.2. The zero-order valence-corrected chi connectivity index (χ0v) is 12.7. The van der Waals surface area contributed by atoms with Gasteiger partial charge in [0, 0.05) is 6.61 Å². The molecule has 1 aliphatic carbocycles. The average Bonchev–Trinajstić information content (AvgIpc) is 3.04. The predicted octanol–water partition coefficient (Wildman–Crippen LogP) is 3.34. The summed E-state index contributed by atoms with van der Waals surface area (Å²) in [4.78, 5) is 4.26. The number of ether oxygens (including phenoxy) is 1. The summed E-state index contributed by atoms with van der Waals surface area (Å²) in [7, 11) is 0. The van der Waals surface area contributed by atoms with Gasteiger partial charge >= 0.3 is 6.36 Å². The van der Waals surface area contributed by atoms with Crippen LogP contribution < -0.4 is 4.74 Å². The molecule has 3 rings (SSSR count). The molecule has 1 heterocycles. The molecule has 0 saturated carbocycles. The normalized spacial score (nSPS) is 18.3. The monoisotopic (exact) mass is 339 g/mol. The molecule has 1 aliphatic rings. The maximum Gasteiger partial charge on any atom is 0.573 e. The van der Waals surface area contributed by atoms with Crippen molar-refractivity contribution in [3.63, 3.8) is 0 Å². The molecular weight excluding hydrogens is 323 g/mol. The lowest BCUT2D eigenvalue weighted by Gasteiger charge is -2.18. The second-order valence-corrected chi connectivity index (χ2v) is 5.61. The van der Waals surface area contributed by atoms with Crippen molar-refractivity contribution in [2.24, 2.45) is 5.92 Å². The predicted molar refractivity (Wildman–Crippen MR) is 80.4 cm³/mol. The van der Waals surface area contributed by atoms with E-state index in [0.717, 1.165) is 24.8 Å². The largest absolute Gasteiger partial charge is 0.573 e. The van der Waals surface area contributed by atoms with Gasteiger partial charge in [0.05, 0.1) is 5.69 Å². The van der Waals surface area contributed by atoms with Crippen LogP contribution in [0.5, 0.6) is 5.75 Å². The molecule has 0 saturated heterocycles. The van der Waals surface area contributed by atoms with E-state index in [1.807, 2.05) is 6.08 Å². The summed E-state index contributed by atoms with van der Waals surface area (Å²) in [5.74, 6) is 0.607. The molecule has 0 amide bonds. The first-order valence-corrected chi connectivity index (χ1v) is 7.53. The molecule has 5 nitrogen and oxygen atoms in total. The number of hydrogen-bond acceptors (Lipinski definition) is 4. The molecule has 0 aliphatic heterocycles. The molecule has 2 aromatic rings. The van der Waals surface area contributed by atoms with Crippen LogP contribution in [0.3, 0.4) is 0 Å². The van der Waals surface area contributed by atoms with Gasteiger partial charge in [-0.2, -0.15) is 0 Å². The van der Waals surface area contributed by atoms with E-state index in [2.05, 4.69) is 14.8 Å². The lowest BCUT2D eigenvalue weighted by molar-refractivity contribution is -0.274. The highest BCUT2D eigenvalue weighted by Gasteiger charge is 2.31. The van der Waals surface area contributed by atoms with Crippen molar-refractivity contribution in [3.05, 3.63) is 42.5 Å². The van der Waals surface area contributed by atoms with Gasteiger partial charge in [0.2, 0.25) is 0 Å². The van der Waals surface area contributed by atoms with Crippen LogP contribution in [0.25, 0.3) is 11.3 Å². The fourth-order valence-corrected chi connectivity index (χ4v) is 2.59. The highest BCUT2D eigenvalue weighted by molar-refractivity contribution is 5.60. The summed E-state index contributed by atoms with van der Waals surface area (Å²) in [6, 6.07) is 5.43. The first-order chi connectivity index (χ1) is 11.4. The van der Waals surface area contributed by atoms with Gasteiger partial charge in [0.25, 0.3) is 0 Å². The average molecular weight is 339 g/mol. The quantitative estimate of drug-likeness (QED) is 0.928. The van der Waals surface area contributed by atoms with Crippen LogP contribution in [0.1, 0.15) is 25.1 Å². The van der Waals surface area contributed by atoms with Crippen molar-refractivity contribution >= 4 is 5.57 Å². The van der Waals surface area contributed by atoms with Crippen LogP contribution in [0, 0.1) is 5.92 Å². The Labute approximate surface area is 136 Å². The number of benzene rings is 1. The number of rotatable bonds is 4. The molecular formula is C16H16F3N3O2. The number of alkyl halides is 3. The van der Waals surface area contributed by atoms with Crippen LogP contribution in [0.15, 0.2) is 36.7 Å². The molecule has 0 fully saturated rings. The zero-order chi connectivity index (χ0) is 17.2. The molecule has 0 spiro atoms. The van der Waals surface area contributed by atoms with Crippen molar-refractivity contribution < 1.29 is 23.0 Å². The Morgan fingerprint density at radius 2 is 2.00 bits per heavy atom. The molecule has 1 aromatic heterocycles. The number of allylic oxidation sites excluding steroid dienone is 2. The van der Waals surface area contributed by atoms with Gasteiger partial charge in [0.15, 0.2) is 5.82 Å². The summed E-state index contributed by atoms with van der Waals surface area (Å²) in [6.45, 7) is 0.179. The first kappa shape index (κ1) is 16.5. The van der Waals surface area contributed by atoms with Crippen LogP contribution in [-0.2, 0) is 0 Å². The Morgan fingerprint density at radius 3 is 2.58 bits per heavy atom. The van der Waals surface area contributed by atoms with Gasteiger partial charge in [-0.3, -0.25) is 0 Å². The van der Waals surface area contributed by atoms with Crippen LogP contribution in [-0.4, -0.2) is 32.8 Å². The number of aliphatic hydroxyl groups is 1. The van der Waals surface area contributed by atoms with E-state index >= 15 is 0 Å². The SMILES string of the molecule is OCC1CC=C(c2ncn(-c3ccc(OC(F)(F)F)cc3)n2)CC1. The molecule has 8 heteroatoms. The minimum absolute atomic E-state index is 0.179. The van der Waals surface area contributed by atoms with E-state index in [9.17, 15) is 13.2 Å². The fourth-order valence-electron chi connectivity index (χ4n) is 2.59. The molecule has 0 bridgehead atoms. The third kappa shape index (κ3) is 3.94. The van der Waals surface area contributed by atoms with E-state index < -0.39 is 6.36 Å². The van der Waals surface area contributed by atoms with Gasteiger partial charge in [-0.15, -0.1) is 18.3 Å². The summed E-state index contributed by atoms with van der Waals surface area (Å²) >= 11 is 0. The number of hydrogen-bond donors (Lipinski definition) is 1. The van der Waals surface area contributed by atoms with E-state index in [4.69, 9.17) is 5.11 Å². The van der Waals surface area contributed by atoms with Crippen molar-refractivity contribution in [1.29, 1.82) is 0 Å². The summed E-state index contributed by atoms with van der Waals surface area (Å²) in [5.41, 5.74) is 1.61. The first-order valence-electron chi connectivity index (χ1n) is 7.53. The minimum Gasteiger partial charge on any atom is -0.406 e. The molecule has 1 aromatic carbocycles. The molecule has 24 heavy (non-hydrogen) atoms. The molecule has 128 valence electrons. The van der Waals surface area contributed by atoms with Gasteiger partial charge in [0.1, 0.15) is 12.1 Å². The zero-order valence-electron chi connectivity index (χ0n) is 12.7. The minimum atomic E-state index is -4.71. The van der Waals surface area contributed by atoms with E-state index in [1.54, 1.807) is 0 Å². The van der Waals surface area contributed by atoms with Crippen molar-refractivity contribution in [1.82, 2.24) is 14.8 Å². The summed E-state index contributed by atoms with van der Waals surface area (Å²) in [6.07, 6.45) is 1.33. The second kappa shape index (κ2) is 6.64. The number of halogens is 3. The lowest BCUT2D eigenvalue weighted by atomic mass is 9.90. The highest BCUT2D eigenvalue weighted by Crippen LogP contribution is 2.28. The van der Waals surface area contributed by atoms with Gasteiger partial charge < -0.3 is 9.84 Å². The van der Waals surface area contributed by atoms with E-state index in [0.29, 0.717) is 11.5 Å². The maximum absolute atomic E-state index is 12.2. The van der Waals surface area contributed by atoms with Crippen molar-refractivity contribution in [2.45, 2.75) is 25.6 Å². The van der Waals surface area contributed by atoms with Crippen LogP contribution in [0.4, 0.5) is 13.2 Å². The van der Waals surface area contributed by atoms with E-state index in [1.165, 1.54) is 35.3 Å². The molecule has 1 unspecified atom stereocenters. The number of nitrogens with zero attached hydrogens (tertiary/aromatic N) is 3. The third-order valence-electron chi connectivity index (χ3n) is 3.89. The second-order valence-electron chi connectivity index (χ2n) is 5.61. The Morgan fingerprint density at radius 1 is 1.25 bits per heavy atom. The fraction of sp³-hybridized carbons (Fsp3) is 0.375. The van der Waals surface area contributed by atoms with Gasteiger partial charge in [-0.1, -0.05) is 6.08 Å². The number of aromatic nitrogens is 3. The van der Waals surface area contributed by atoms with Crippen molar-refractivity contribution in [2.75, 3.05) is 6.61 Å². The van der Waals surface area contributed by atoms with Gasteiger partial charge in [-0.25, -0.2) is 9.67 Å². The Bertz CT molecular complexity index is 723. The molecule has 0 radical (unpaired) electrons. The summed E-state index contributed by atoms with van der Waals surface area (Å²) in [5, 5.41) is 13.5. The van der Waals surface area contributed by atoms with Crippen LogP contribution in [0.2, 0.25) is 0 Å². The Hall–Kier alpha value is -2.35. The highest BCUT2D eigenvalue weighted by atomic mass is 19.4. The smallest absolute Gasteiger partial charge is 0.406 e. The number of aliphatic hydroxyl groups excluding tert-OH is 1. The molecule has 1 N–H and O–H groups in total. The molecule has 1 atom stereocenters. The van der Waals surface area contributed by atoms with Crippen LogP contribution >= 0.6 is 0 Å². The topological polar surface area (TPSA) is 60.2 Å². The van der Waals surface area contributed by atoms with Gasteiger partial charge in [-0.05, 0) is 55.0 Å². The lowest BCUT2D eigenvalue weighted by Crippen LogP contribution is -2.17. The summed E-state index contributed by atoms with van der Waals surface area (Å²) < 4.78 is 41.8. The standard InChI is InChI=1S/C16H16F3N3O2/c17-16(18,19)24-14-7-5-13(6-8-14)22-10-20-15(21-22)12-3-1-11(9-23)2-4-12/h3,5-8,10-11,23H,1-2,4,9H2. The Kier molecular flexibility index (Phi) is 4.57. The Balaban J connectivity index is 1.73. The van der Waals surface area contributed by atoms with Crippen molar-refractivity contribution in [3.8, 4) is 11.4 Å². The van der Waals surface area contributed by atoms with E-state index in [-0.39, 0.29) is 18.3 Å².